The van der Waals surface area contributed by atoms with Crippen LogP contribution in [0.25, 0.3) is 0 Å². The molecule has 0 radical (unpaired) electrons. The summed E-state index contributed by atoms with van der Waals surface area (Å²) in [6.07, 6.45) is 6.02. The van der Waals surface area contributed by atoms with E-state index < -0.39 is 0 Å². The van der Waals surface area contributed by atoms with Gasteiger partial charge < -0.3 is 14.6 Å². The van der Waals surface area contributed by atoms with Crippen molar-refractivity contribution in [2.45, 2.75) is 38.8 Å². The first-order valence-corrected chi connectivity index (χ1v) is 7.70. The Balaban J connectivity index is 1.43. The van der Waals surface area contributed by atoms with Gasteiger partial charge in [-0.1, -0.05) is 18.2 Å². The van der Waals surface area contributed by atoms with Gasteiger partial charge in [-0.05, 0) is 25.0 Å². The number of aryl methyl sites for hydroxylation is 2. The first kappa shape index (κ1) is 14.6. The van der Waals surface area contributed by atoms with Crippen LogP contribution in [0.1, 0.15) is 24.2 Å². The Labute approximate surface area is 130 Å². The number of nitrogens with zero attached hydrogens (tertiary/aromatic N) is 2. The molecule has 2 aromatic rings. The van der Waals surface area contributed by atoms with E-state index in [1.165, 1.54) is 0 Å². The molecule has 3 rings (SSSR count). The lowest BCUT2D eigenvalue weighted by Crippen LogP contribution is -2.41. The normalized spacial score (nSPS) is 16.9. The average molecular weight is 299 g/mol. The van der Waals surface area contributed by atoms with E-state index in [0.717, 1.165) is 36.5 Å². The van der Waals surface area contributed by atoms with Crippen LogP contribution in [0.3, 0.4) is 0 Å². The molecule has 1 aliphatic rings. The molecular formula is C17H21N3O2. The Morgan fingerprint density at radius 1 is 1.45 bits per heavy atom. The number of para-hydroxylation sites is 1. The van der Waals surface area contributed by atoms with Crippen molar-refractivity contribution in [3.63, 3.8) is 0 Å². The molecule has 0 saturated heterocycles. The minimum Gasteiger partial charge on any atom is -0.493 e. The van der Waals surface area contributed by atoms with E-state index >= 15 is 0 Å². The zero-order chi connectivity index (χ0) is 15.4. The van der Waals surface area contributed by atoms with Gasteiger partial charge in [0.2, 0.25) is 5.91 Å². The number of rotatable bonds is 5. The van der Waals surface area contributed by atoms with Gasteiger partial charge in [-0.2, -0.15) is 0 Å². The third kappa shape index (κ3) is 3.47. The molecule has 116 valence electrons. The summed E-state index contributed by atoms with van der Waals surface area (Å²) in [6, 6.07) is 8.03. The highest BCUT2D eigenvalue weighted by molar-refractivity contribution is 5.76. The predicted octanol–water partition coefficient (Wildman–Crippen LogP) is 2.09. The maximum Gasteiger partial charge on any atom is 0.223 e. The molecule has 1 N–H and O–H groups in total. The van der Waals surface area contributed by atoms with Gasteiger partial charge in [-0.15, -0.1) is 0 Å². The van der Waals surface area contributed by atoms with Crippen molar-refractivity contribution in [3.05, 3.63) is 48.0 Å². The van der Waals surface area contributed by atoms with Crippen LogP contribution >= 0.6 is 0 Å². The van der Waals surface area contributed by atoms with Crippen LogP contribution in [-0.4, -0.2) is 28.1 Å². The molecule has 1 amide bonds. The lowest BCUT2D eigenvalue weighted by atomic mass is 10.1. The van der Waals surface area contributed by atoms with Crippen LogP contribution in [0.4, 0.5) is 0 Å². The van der Waals surface area contributed by atoms with Crippen molar-refractivity contribution in [3.8, 4) is 5.75 Å². The zero-order valence-corrected chi connectivity index (χ0v) is 12.8. The zero-order valence-electron chi connectivity index (χ0n) is 12.8. The SMILES string of the molecule is Cc1ccccc1OCCC(=O)N[C@H]1CCc2nccn2C1. The van der Waals surface area contributed by atoms with Gasteiger partial charge >= 0.3 is 0 Å². The molecule has 22 heavy (non-hydrogen) atoms. The molecule has 0 bridgehead atoms. The highest BCUT2D eigenvalue weighted by atomic mass is 16.5. The number of fused-ring (bicyclic) bond motifs is 1. The molecule has 1 aliphatic heterocycles. The summed E-state index contributed by atoms with van der Waals surface area (Å²) >= 11 is 0. The molecule has 0 unspecified atom stereocenters. The molecule has 5 nitrogen and oxygen atoms in total. The maximum atomic E-state index is 12.0. The fourth-order valence-electron chi connectivity index (χ4n) is 2.76. The van der Waals surface area contributed by atoms with E-state index in [0.29, 0.717) is 13.0 Å². The Kier molecular flexibility index (Phi) is 4.42. The number of aromatic nitrogens is 2. The Bertz CT molecular complexity index is 651. The second-order valence-electron chi connectivity index (χ2n) is 5.66. The number of hydrogen-bond acceptors (Lipinski definition) is 3. The number of imidazole rings is 1. The maximum absolute atomic E-state index is 12.0. The van der Waals surface area contributed by atoms with Gasteiger partial charge in [0.1, 0.15) is 11.6 Å². The van der Waals surface area contributed by atoms with Crippen molar-refractivity contribution >= 4 is 5.91 Å². The van der Waals surface area contributed by atoms with E-state index in [1.54, 1.807) is 0 Å². The van der Waals surface area contributed by atoms with E-state index in [4.69, 9.17) is 4.74 Å². The third-order valence-corrected chi connectivity index (χ3v) is 3.98. The van der Waals surface area contributed by atoms with E-state index in [2.05, 4.69) is 14.9 Å². The summed E-state index contributed by atoms with van der Waals surface area (Å²) in [5.74, 6) is 1.99. The summed E-state index contributed by atoms with van der Waals surface area (Å²) in [4.78, 5) is 16.3. The Morgan fingerprint density at radius 2 is 2.32 bits per heavy atom. The molecule has 5 heteroatoms. The summed E-state index contributed by atoms with van der Waals surface area (Å²) in [5.41, 5.74) is 1.09. The first-order chi connectivity index (χ1) is 10.7. The van der Waals surface area contributed by atoms with Crippen molar-refractivity contribution in [1.82, 2.24) is 14.9 Å². The fourth-order valence-corrected chi connectivity index (χ4v) is 2.76. The van der Waals surface area contributed by atoms with Crippen molar-refractivity contribution in [2.24, 2.45) is 0 Å². The monoisotopic (exact) mass is 299 g/mol. The van der Waals surface area contributed by atoms with Crippen molar-refractivity contribution < 1.29 is 9.53 Å². The van der Waals surface area contributed by atoms with Crippen LogP contribution in [0.15, 0.2) is 36.7 Å². The van der Waals surface area contributed by atoms with Crippen molar-refractivity contribution in [2.75, 3.05) is 6.61 Å². The molecule has 0 fully saturated rings. The van der Waals surface area contributed by atoms with E-state index in [1.807, 2.05) is 43.6 Å². The number of hydrogen-bond donors (Lipinski definition) is 1. The molecule has 1 aromatic carbocycles. The average Bonchev–Trinajstić information content (AvgIpc) is 2.97. The van der Waals surface area contributed by atoms with Crippen molar-refractivity contribution in [1.29, 1.82) is 0 Å². The lowest BCUT2D eigenvalue weighted by molar-refractivity contribution is -0.122. The Morgan fingerprint density at radius 3 is 3.18 bits per heavy atom. The third-order valence-electron chi connectivity index (χ3n) is 3.98. The molecule has 0 spiro atoms. The second kappa shape index (κ2) is 6.64. The van der Waals surface area contributed by atoms with Gasteiger partial charge in [-0.25, -0.2) is 4.98 Å². The molecule has 1 aromatic heterocycles. The number of ether oxygens (including phenoxy) is 1. The number of amides is 1. The van der Waals surface area contributed by atoms with Gasteiger partial charge in [0.15, 0.2) is 0 Å². The topological polar surface area (TPSA) is 56.1 Å². The molecule has 2 heterocycles. The standard InChI is InChI=1S/C17H21N3O2/c1-13-4-2-3-5-15(13)22-11-8-17(21)19-14-6-7-16-18-9-10-20(16)12-14/h2-5,9-10,14H,6-8,11-12H2,1H3,(H,19,21)/t14-/m0/s1. The number of carbonyl (C=O) groups excluding carboxylic acids is 1. The summed E-state index contributed by atoms with van der Waals surface area (Å²) in [6.45, 7) is 3.21. The molecular weight excluding hydrogens is 278 g/mol. The Hall–Kier alpha value is -2.30. The van der Waals surface area contributed by atoms with E-state index in [-0.39, 0.29) is 11.9 Å². The minimum atomic E-state index is 0.0437. The van der Waals surface area contributed by atoms with E-state index in [9.17, 15) is 4.79 Å². The number of carbonyl (C=O) groups is 1. The number of benzene rings is 1. The highest BCUT2D eigenvalue weighted by Crippen LogP contribution is 2.16. The summed E-state index contributed by atoms with van der Waals surface area (Å²) in [7, 11) is 0. The fraction of sp³-hybridized carbons (Fsp3) is 0.412. The van der Waals surface area contributed by atoms with Crippen LogP contribution in [0, 0.1) is 6.92 Å². The van der Waals surface area contributed by atoms with Gasteiger partial charge in [0.05, 0.1) is 13.0 Å². The van der Waals surface area contributed by atoms with Crippen LogP contribution in [0.2, 0.25) is 0 Å². The smallest absolute Gasteiger partial charge is 0.223 e. The largest absolute Gasteiger partial charge is 0.493 e. The van der Waals surface area contributed by atoms with Gasteiger partial charge in [0.25, 0.3) is 0 Å². The number of nitrogens with one attached hydrogen (secondary N) is 1. The molecule has 1 atom stereocenters. The quantitative estimate of drug-likeness (QED) is 0.920. The van der Waals surface area contributed by atoms with Gasteiger partial charge in [0, 0.05) is 31.4 Å². The molecule has 0 aliphatic carbocycles. The van der Waals surface area contributed by atoms with Crippen LogP contribution in [0.5, 0.6) is 5.75 Å². The minimum absolute atomic E-state index is 0.0437. The van der Waals surface area contributed by atoms with Crippen LogP contribution < -0.4 is 10.1 Å². The highest BCUT2D eigenvalue weighted by Gasteiger charge is 2.20. The molecule has 0 saturated carbocycles. The summed E-state index contributed by atoms with van der Waals surface area (Å²) < 4.78 is 7.77. The van der Waals surface area contributed by atoms with Crippen LogP contribution in [-0.2, 0) is 17.8 Å². The first-order valence-electron chi connectivity index (χ1n) is 7.70. The summed E-state index contributed by atoms with van der Waals surface area (Å²) in [5, 5.41) is 3.08. The predicted molar refractivity (Wildman–Crippen MR) is 83.8 cm³/mol. The second-order valence-corrected chi connectivity index (χ2v) is 5.66. The lowest BCUT2D eigenvalue weighted by Gasteiger charge is -2.24. The van der Waals surface area contributed by atoms with Gasteiger partial charge in [-0.3, -0.25) is 4.79 Å².